The normalized spacial score (nSPS) is 16.8. The van der Waals surface area contributed by atoms with E-state index in [0.29, 0.717) is 39.5 Å². The van der Waals surface area contributed by atoms with Gasteiger partial charge in [-0.25, -0.2) is 8.80 Å². The number of aromatic nitrogens is 6. The molecule has 0 N–H and O–H groups in total. The van der Waals surface area contributed by atoms with Crippen LogP contribution in [-0.4, -0.2) is 57.9 Å². The highest BCUT2D eigenvalue weighted by atomic mass is 32.2. The Balaban J connectivity index is 1.34. The molecule has 0 fully saturated rings. The molecule has 0 spiro atoms. The largest absolute Gasteiger partial charge is 0.369 e. The molecule has 1 atom stereocenters. The van der Waals surface area contributed by atoms with Crippen LogP contribution < -0.4 is 0 Å². The molecule has 0 amide bonds. The smallest absolute Gasteiger partial charge is 0.245 e. The van der Waals surface area contributed by atoms with Crippen LogP contribution in [0.2, 0.25) is 0 Å². The van der Waals surface area contributed by atoms with E-state index in [1.807, 2.05) is 69.5 Å². The predicted octanol–water partition coefficient (Wildman–Crippen LogP) is 6.18. The van der Waals surface area contributed by atoms with E-state index in [4.69, 9.17) is 4.74 Å². The number of benzene rings is 2. The minimum absolute atomic E-state index is 0.00959. The van der Waals surface area contributed by atoms with Crippen molar-refractivity contribution in [2.24, 2.45) is 0 Å². The molecular formula is C30H26N6O3S3. The molecule has 1 unspecified atom stereocenters. The van der Waals surface area contributed by atoms with Gasteiger partial charge in [-0.1, -0.05) is 91.1 Å². The molecule has 2 aromatic carbocycles. The van der Waals surface area contributed by atoms with E-state index in [2.05, 4.69) is 34.2 Å². The molecule has 6 aromatic rings. The number of nitrogens with zero attached hydrogens (tertiary/aromatic N) is 6. The number of Topliss-reactive ketones (excluding diaryl/α,β-unsaturated/α-hetero) is 2. The summed E-state index contributed by atoms with van der Waals surface area (Å²) in [5.74, 6) is 1.01. The lowest BCUT2D eigenvalue weighted by atomic mass is 9.90. The van der Waals surface area contributed by atoms with Gasteiger partial charge < -0.3 is 4.74 Å². The Labute approximate surface area is 253 Å². The fraction of sp³-hybridized carbons (Fsp3) is 0.267. The van der Waals surface area contributed by atoms with Gasteiger partial charge in [0.15, 0.2) is 27.5 Å². The zero-order valence-electron chi connectivity index (χ0n) is 22.9. The Bertz CT molecular complexity index is 1970. The van der Waals surface area contributed by atoms with E-state index in [0.717, 1.165) is 27.9 Å². The van der Waals surface area contributed by atoms with E-state index in [-0.39, 0.29) is 28.7 Å². The molecule has 0 saturated carbocycles. The van der Waals surface area contributed by atoms with Crippen molar-refractivity contribution in [2.45, 2.75) is 49.2 Å². The van der Waals surface area contributed by atoms with Crippen molar-refractivity contribution in [2.75, 3.05) is 11.5 Å². The van der Waals surface area contributed by atoms with Crippen molar-refractivity contribution in [3.05, 3.63) is 82.2 Å². The Kier molecular flexibility index (Phi) is 7.09. The molecule has 212 valence electrons. The second-order valence-corrected chi connectivity index (χ2v) is 13.3. The van der Waals surface area contributed by atoms with Gasteiger partial charge in [-0.15, -0.1) is 31.7 Å². The molecule has 42 heavy (non-hydrogen) atoms. The van der Waals surface area contributed by atoms with Gasteiger partial charge in [0.05, 0.1) is 29.1 Å². The number of ether oxygens (including phenoxy) is 1. The van der Waals surface area contributed by atoms with Gasteiger partial charge in [-0.05, 0) is 18.9 Å². The zero-order valence-corrected chi connectivity index (χ0v) is 25.4. The average Bonchev–Trinajstić information content (AvgIpc) is 3.74. The van der Waals surface area contributed by atoms with E-state index in [1.54, 1.807) is 11.3 Å². The molecule has 4 aromatic heterocycles. The van der Waals surface area contributed by atoms with Gasteiger partial charge in [0, 0.05) is 22.4 Å². The first kappa shape index (κ1) is 27.3. The minimum Gasteiger partial charge on any atom is -0.369 e. The highest BCUT2D eigenvalue weighted by molar-refractivity contribution is 8.00. The molecule has 0 aliphatic carbocycles. The number of thioether (sulfide) groups is 2. The van der Waals surface area contributed by atoms with Crippen molar-refractivity contribution < 1.29 is 14.3 Å². The summed E-state index contributed by atoms with van der Waals surface area (Å²) < 4.78 is 10.2. The van der Waals surface area contributed by atoms with Gasteiger partial charge in [0.25, 0.3) is 0 Å². The minimum atomic E-state index is -0.278. The lowest BCUT2D eigenvalue weighted by Gasteiger charge is -2.32. The molecule has 12 heteroatoms. The molecule has 5 heterocycles. The first-order valence-electron chi connectivity index (χ1n) is 13.6. The highest BCUT2D eigenvalue weighted by Gasteiger charge is 2.34. The molecule has 1 aliphatic heterocycles. The van der Waals surface area contributed by atoms with Gasteiger partial charge in [0.1, 0.15) is 4.83 Å². The molecule has 1 aliphatic rings. The summed E-state index contributed by atoms with van der Waals surface area (Å²) in [5.41, 5.74) is 2.93. The third kappa shape index (κ3) is 4.72. The first-order valence-corrected chi connectivity index (χ1v) is 16.4. The van der Waals surface area contributed by atoms with Crippen LogP contribution in [0.25, 0.3) is 21.6 Å². The Morgan fingerprint density at radius 2 is 1.48 bits per heavy atom. The maximum absolute atomic E-state index is 12.9. The van der Waals surface area contributed by atoms with E-state index < -0.39 is 0 Å². The highest BCUT2D eigenvalue weighted by Crippen LogP contribution is 2.43. The molecular weight excluding hydrogens is 589 g/mol. The average molecular weight is 615 g/mol. The van der Waals surface area contributed by atoms with Crippen molar-refractivity contribution in [3.8, 4) is 0 Å². The Morgan fingerprint density at radius 1 is 0.881 bits per heavy atom. The maximum atomic E-state index is 12.9. The number of fused-ring (bicyclic) bond motifs is 8. The van der Waals surface area contributed by atoms with Crippen LogP contribution in [0.15, 0.2) is 71.0 Å². The van der Waals surface area contributed by atoms with Gasteiger partial charge >= 0.3 is 0 Å². The number of ketones is 2. The van der Waals surface area contributed by atoms with Crippen LogP contribution >= 0.6 is 34.9 Å². The van der Waals surface area contributed by atoms with E-state index >= 15 is 0 Å². The number of carbonyl (C=O) groups is 2. The third-order valence-electron chi connectivity index (χ3n) is 7.66. The molecule has 9 nitrogen and oxygen atoms in total. The monoisotopic (exact) mass is 614 g/mol. The van der Waals surface area contributed by atoms with Crippen LogP contribution in [0.3, 0.4) is 0 Å². The van der Waals surface area contributed by atoms with Gasteiger partial charge in [-0.2, -0.15) is 0 Å². The SMILES string of the molecule is CCC1(C)Cc2c(sc3c2c2nnc(SCC(=O)c4ccccc4)n2c2nnc(SCC(=O)c4ccccc4)n32)CO1. The standard InChI is InChI=1S/C30H26N6O3S3/c1-3-30(2)14-20-23(15-39-30)42-26-24(20)25-31-33-28(40-16-21(37)18-10-6-4-7-11-18)35(25)27-32-34-29(36(26)27)41-17-22(38)19-12-8-5-9-13-19/h4-13H,3,14-17H2,1-2H3. The second-order valence-electron chi connectivity index (χ2n) is 10.4. The Hall–Kier alpha value is -3.58. The summed E-state index contributed by atoms with van der Waals surface area (Å²) in [6, 6.07) is 18.5. The summed E-state index contributed by atoms with van der Waals surface area (Å²) in [6.45, 7) is 4.80. The topological polar surface area (TPSA) is 104 Å². The third-order valence-corrected chi connectivity index (χ3v) is 10.7. The molecule has 7 rings (SSSR count). The summed E-state index contributed by atoms with van der Waals surface area (Å²) >= 11 is 4.33. The van der Waals surface area contributed by atoms with Crippen molar-refractivity contribution in [1.82, 2.24) is 29.2 Å². The quantitative estimate of drug-likeness (QED) is 0.140. The van der Waals surface area contributed by atoms with Crippen LogP contribution in [-0.2, 0) is 17.8 Å². The van der Waals surface area contributed by atoms with Crippen molar-refractivity contribution >= 4 is 68.1 Å². The van der Waals surface area contributed by atoms with Crippen molar-refractivity contribution in [1.29, 1.82) is 0 Å². The molecule has 0 radical (unpaired) electrons. The van der Waals surface area contributed by atoms with Gasteiger partial charge in [0.2, 0.25) is 5.78 Å². The van der Waals surface area contributed by atoms with Crippen molar-refractivity contribution in [3.63, 3.8) is 0 Å². The lowest BCUT2D eigenvalue weighted by Crippen LogP contribution is -2.33. The lowest BCUT2D eigenvalue weighted by molar-refractivity contribution is -0.0542. The second kappa shape index (κ2) is 10.9. The maximum Gasteiger partial charge on any atom is 0.245 e. The number of rotatable bonds is 9. The predicted molar refractivity (Wildman–Crippen MR) is 165 cm³/mol. The number of hydrogen-bond acceptors (Lipinski definition) is 10. The number of carbonyl (C=O) groups excluding carboxylic acids is 2. The van der Waals surface area contributed by atoms with Crippen LogP contribution in [0.1, 0.15) is 51.4 Å². The number of thiophene rings is 1. The van der Waals surface area contributed by atoms with E-state index in [1.165, 1.54) is 29.1 Å². The Morgan fingerprint density at radius 3 is 2.10 bits per heavy atom. The van der Waals surface area contributed by atoms with E-state index in [9.17, 15) is 9.59 Å². The van der Waals surface area contributed by atoms with Crippen LogP contribution in [0.5, 0.6) is 0 Å². The van der Waals surface area contributed by atoms with Crippen LogP contribution in [0, 0.1) is 0 Å². The first-order chi connectivity index (χ1) is 20.5. The zero-order chi connectivity index (χ0) is 28.8. The summed E-state index contributed by atoms with van der Waals surface area (Å²) in [4.78, 5) is 28.0. The fourth-order valence-electron chi connectivity index (χ4n) is 5.14. The van der Waals surface area contributed by atoms with Crippen LogP contribution in [0.4, 0.5) is 0 Å². The summed E-state index contributed by atoms with van der Waals surface area (Å²) in [6.07, 6.45) is 1.63. The molecule has 0 bridgehead atoms. The summed E-state index contributed by atoms with van der Waals surface area (Å²) in [5, 5.41) is 20.4. The summed E-state index contributed by atoms with van der Waals surface area (Å²) in [7, 11) is 0. The fourth-order valence-corrected chi connectivity index (χ4v) is 8.07. The number of hydrogen-bond donors (Lipinski definition) is 0. The molecule has 0 saturated heterocycles. The van der Waals surface area contributed by atoms with Gasteiger partial charge in [-0.3, -0.25) is 9.59 Å².